The van der Waals surface area contributed by atoms with Crippen LogP contribution in [0.2, 0.25) is 0 Å². The lowest BCUT2D eigenvalue weighted by Gasteiger charge is -2.66. The fraction of sp³-hybridized carbons (Fsp3) is 0.796. The molecule has 5 rings (SSSR count). The van der Waals surface area contributed by atoms with E-state index in [1.165, 1.54) is 84.0 Å². The average molecular weight is 958 g/mol. The number of rotatable bonds is 25. The third kappa shape index (κ3) is 12.6. The van der Waals surface area contributed by atoms with Crippen LogP contribution < -0.4 is 5.32 Å². The average Bonchev–Trinajstić information content (AvgIpc) is 3.27. The number of nitrogens with one attached hydrogen (secondary N) is 1. The van der Waals surface area contributed by atoms with Crippen LogP contribution in [-0.4, -0.2) is 116 Å². The zero-order chi connectivity index (χ0) is 50.1. The number of aliphatic hydroxyl groups excluding tert-OH is 3. The molecule has 0 radical (unpaired) electrons. The normalized spacial score (nSPS) is 31.3. The molecule has 1 unspecified atom stereocenters. The Hall–Kier alpha value is -2.95. The van der Waals surface area contributed by atoms with Crippen LogP contribution in [0.25, 0.3) is 0 Å². The second-order valence-corrected chi connectivity index (χ2v) is 22.1. The van der Waals surface area contributed by atoms with Crippen LogP contribution >= 0.6 is 0 Å². The van der Waals surface area contributed by atoms with Crippen molar-refractivity contribution in [3.05, 3.63) is 47.0 Å². The molecule has 386 valence electrons. The highest BCUT2D eigenvalue weighted by atomic mass is 16.7. The van der Waals surface area contributed by atoms with Gasteiger partial charge in [0.05, 0.1) is 36.4 Å². The first-order chi connectivity index (χ1) is 32.0. The predicted octanol–water partition coefficient (Wildman–Crippen LogP) is 8.47. The molecule has 3 fully saturated rings. The minimum Gasteiger partial charge on any atom is -0.456 e. The van der Waals surface area contributed by atoms with Crippen molar-refractivity contribution in [2.45, 2.75) is 244 Å². The smallest absolute Gasteiger partial charge is 0.408 e. The monoisotopic (exact) mass is 958 g/mol. The van der Waals surface area contributed by atoms with E-state index in [9.17, 15) is 39.9 Å². The van der Waals surface area contributed by atoms with Gasteiger partial charge in [0.2, 0.25) is 0 Å². The van der Waals surface area contributed by atoms with Crippen LogP contribution in [0.1, 0.15) is 189 Å². The highest BCUT2D eigenvalue weighted by Crippen LogP contribution is 2.62. The highest BCUT2D eigenvalue weighted by molar-refractivity contribution is 5.93. The first-order valence-electron chi connectivity index (χ1n) is 25.9. The van der Waals surface area contributed by atoms with Gasteiger partial charge in [-0.2, -0.15) is 0 Å². The molecule has 3 aliphatic carbocycles. The Bertz CT molecular complexity index is 1830. The van der Waals surface area contributed by atoms with Crippen LogP contribution in [-0.2, 0) is 33.3 Å². The number of ether oxygens (including phenoxy) is 5. The van der Waals surface area contributed by atoms with Crippen molar-refractivity contribution in [1.29, 1.82) is 0 Å². The Morgan fingerprint density at radius 1 is 0.853 bits per heavy atom. The fourth-order valence-electron chi connectivity index (χ4n) is 11.5. The molecular formula is C54H87NO13. The van der Waals surface area contributed by atoms with Crippen LogP contribution in [0.5, 0.6) is 0 Å². The van der Waals surface area contributed by atoms with Gasteiger partial charge in [0.1, 0.15) is 29.0 Å². The number of carbonyl (C=O) groups excluding carboxylic acids is 3. The van der Waals surface area contributed by atoms with Crippen molar-refractivity contribution < 1.29 is 63.6 Å². The maximum absolute atomic E-state index is 14.9. The topological polar surface area (TPSA) is 211 Å². The van der Waals surface area contributed by atoms with E-state index >= 15 is 0 Å². The largest absolute Gasteiger partial charge is 0.456 e. The summed E-state index contributed by atoms with van der Waals surface area (Å²) >= 11 is 0. The van der Waals surface area contributed by atoms with Gasteiger partial charge in [-0.25, -0.2) is 9.59 Å². The molecule has 1 saturated heterocycles. The SMILES string of the molecule is CCCCCCCCCCCCCCCCCCOC(C)O[C@@H](C(=O)O[C@H]1C[C@@]2(O)[C@@H](O)[C@@H]3[C@]4(O)CO[C@@H]4C[C@H](O)[C@@]3(C)C(=O)[C@H](O)C(=C1C)C2(C)C)[C@@H](NC(=O)OC(C)(C)C)c1ccccc1. The summed E-state index contributed by atoms with van der Waals surface area (Å²) in [5.74, 6) is -3.27. The summed E-state index contributed by atoms with van der Waals surface area (Å²) in [4.78, 5) is 42.9. The lowest BCUT2D eigenvalue weighted by molar-refractivity contribution is -0.344. The lowest BCUT2D eigenvalue weighted by atomic mass is 9.45. The first-order valence-corrected chi connectivity index (χ1v) is 25.9. The standard InChI is InChI=1S/C54H87NO13/c1-10-11-12-13-14-15-16-17-18-19-20-21-22-23-24-28-31-64-36(3)66-44(42(37-29-26-25-27-30-37)55-49(61)68-50(4,5)6)48(60)67-38-33-54(63)47(59)45-52(9,39(56)32-40-53(45,62)34-65-40)46(58)43(57)41(35(38)2)51(54,7)8/h25-27,29-30,36,38-40,42-45,47,56-57,59,62-63H,10-24,28,31-34H2,1-9H3,(H,55,61)/t36?,38-,39-,40+,42-,43+,44+,45-,47-,52+,53-,54+/m0/s1. The summed E-state index contributed by atoms with van der Waals surface area (Å²) in [5.41, 5.74) is -7.54. The lowest BCUT2D eigenvalue weighted by Crippen LogP contribution is -2.80. The van der Waals surface area contributed by atoms with Crippen LogP contribution in [0.15, 0.2) is 41.5 Å². The van der Waals surface area contributed by atoms with Crippen LogP contribution in [0.3, 0.4) is 0 Å². The Balaban J connectivity index is 1.30. The maximum Gasteiger partial charge on any atom is 0.408 e. The molecule has 68 heavy (non-hydrogen) atoms. The number of esters is 1. The van der Waals surface area contributed by atoms with E-state index in [1.807, 2.05) is 0 Å². The van der Waals surface area contributed by atoms with Gasteiger partial charge >= 0.3 is 12.1 Å². The number of unbranched alkanes of at least 4 members (excludes halogenated alkanes) is 15. The van der Waals surface area contributed by atoms with Gasteiger partial charge in [0.15, 0.2) is 18.2 Å². The van der Waals surface area contributed by atoms with Gasteiger partial charge < -0.3 is 54.5 Å². The van der Waals surface area contributed by atoms with E-state index in [0.717, 1.165) is 25.7 Å². The predicted molar refractivity (Wildman–Crippen MR) is 258 cm³/mol. The first kappa shape index (κ1) is 56.0. The van der Waals surface area contributed by atoms with Crippen LogP contribution in [0, 0.1) is 16.7 Å². The minimum atomic E-state index is -2.24. The minimum absolute atomic E-state index is 0.0263. The number of carbonyl (C=O) groups is 3. The second kappa shape index (κ2) is 24.0. The molecule has 6 N–H and O–H groups in total. The van der Waals surface area contributed by atoms with E-state index in [-0.39, 0.29) is 24.2 Å². The number of hydrogen-bond donors (Lipinski definition) is 6. The van der Waals surface area contributed by atoms with Crippen molar-refractivity contribution in [3.8, 4) is 0 Å². The van der Waals surface area contributed by atoms with Crippen molar-refractivity contribution in [3.63, 3.8) is 0 Å². The number of aliphatic hydroxyl groups is 5. The molecule has 14 nitrogen and oxygen atoms in total. The summed E-state index contributed by atoms with van der Waals surface area (Å²) in [6.45, 7) is 15.3. The van der Waals surface area contributed by atoms with Crippen molar-refractivity contribution >= 4 is 17.8 Å². The number of hydrogen-bond acceptors (Lipinski definition) is 13. The zero-order valence-corrected chi connectivity index (χ0v) is 42.7. The molecule has 1 aromatic carbocycles. The van der Waals surface area contributed by atoms with Crippen molar-refractivity contribution in [1.82, 2.24) is 5.32 Å². The zero-order valence-electron chi connectivity index (χ0n) is 42.7. The number of amides is 1. The molecule has 1 aliphatic heterocycles. The molecule has 14 heteroatoms. The number of fused-ring (bicyclic) bond motifs is 5. The molecule has 1 amide bonds. The van der Waals surface area contributed by atoms with Gasteiger partial charge in [-0.3, -0.25) is 4.79 Å². The van der Waals surface area contributed by atoms with Gasteiger partial charge in [0, 0.05) is 30.8 Å². The quantitative estimate of drug-likeness (QED) is 0.0235. The molecule has 0 spiro atoms. The number of benzene rings is 1. The summed E-state index contributed by atoms with van der Waals surface area (Å²) in [5, 5.41) is 63.7. The van der Waals surface area contributed by atoms with Crippen molar-refractivity contribution in [2.24, 2.45) is 16.7 Å². The molecule has 2 bridgehead atoms. The third-order valence-corrected chi connectivity index (χ3v) is 15.7. The molecule has 4 aliphatic rings. The number of alkyl carbamates (subject to hydrolysis) is 1. The second-order valence-electron chi connectivity index (χ2n) is 22.1. The third-order valence-electron chi connectivity index (χ3n) is 15.7. The van der Waals surface area contributed by atoms with Crippen molar-refractivity contribution in [2.75, 3.05) is 13.2 Å². The van der Waals surface area contributed by atoms with E-state index in [0.29, 0.717) is 12.2 Å². The molecule has 12 atom stereocenters. The molecular weight excluding hydrogens is 871 g/mol. The fourth-order valence-corrected chi connectivity index (χ4v) is 11.5. The summed E-state index contributed by atoms with van der Waals surface area (Å²) < 4.78 is 30.0. The van der Waals surface area contributed by atoms with Crippen LogP contribution in [0.4, 0.5) is 4.79 Å². The Morgan fingerprint density at radius 3 is 1.91 bits per heavy atom. The van der Waals surface area contributed by atoms with E-state index in [2.05, 4.69) is 12.2 Å². The summed E-state index contributed by atoms with van der Waals surface area (Å²) in [6.07, 6.45) is 8.56. The maximum atomic E-state index is 14.9. The summed E-state index contributed by atoms with van der Waals surface area (Å²) in [6, 6.07) is 7.57. The number of Topliss-reactive ketones (excluding diaryl/α,β-unsaturated/α-hetero) is 1. The highest BCUT2D eigenvalue weighted by Gasteiger charge is 2.75. The summed E-state index contributed by atoms with van der Waals surface area (Å²) in [7, 11) is 0. The van der Waals surface area contributed by atoms with Gasteiger partial charge in [-0.05, 0) is 64.7 Å². The van der Waals surface area contributed by atoms with E-state index in [1.54, 1.807) is 78.8 Å². The van der Waals surface area contributed by atoms with Gasteiger partial charge in [-0.15, -0.1) is 0 Å². The molecule has 1 heterocycles. The molecule has 1 aromatic rings. The van der Waals surface area contributed by atoms with Gasteiger partial charge in [-0.1, -0.05) is 147 Å². The van der Waals surface area contributed by atoms with E-state index in [4.69, 9.17) is 23.7 Å². The Kier molecular flexibility index (Phi) is 19.7. The Labute approximate surface area is 406 Å². The Morgan fingerprint density at radius 2 is 1.40 bits per heavy atom. The number of ketones is 1. The van der Waals surface area contributed by atoms with Gasteiger partial charge in [0.25, 0.3) is 0 Å². The van der Waals surface area contributed by atoms with E-state index < -0.39 is 107 Å². The molecule has 2 saturated carbocycles. The molecule has 0 aromatic heterocycles.